The third-order valence-electron chi connectivity index (χ3n) is 2.41. The Kier molecular flexibility index (Phi) is 3.05. The summed E-state index contributed by atoms with van der Waals surface area (Å²) in [7, 11) is 0. The number of anilines is 1. The lowest BCUT2D eigenvalue weighted by Gasteiger charge is -2.10. The van der Waals surface area contributed by atoms with Gasteiger partial charge in [-0.3, -0.25) is 0 Å². The monoisotopic (exact) mass is 215 g/mol. The molecule has 2 atom stereocenters. The molecule has 1 heterocycles. The van der Waals surface area contributed by atoms with Crippen LogP contribution < -0.4 is 5.32 Å². The van der Waals surface area contributed by atoms with Crippen LogP contribution in [0.2, 0.25) is 0 Å². The van der Waals surface area contributed by atoms with Gasteiger partial charge in [0.25, 0.3) is 0 Å². The van der Waals surface area contributed by atoms with Crippen LogP contribution in [-0.2, 0) is 0 Å². The van der Waals surface area contributed by atoms with E-state index in [0.717, 1.165) is 10.4 Å². The topological polar surface area (TPSA) is 37.8 Å². The molecule has 1 fully saturated rings. The van der Waals surface area contributed by atoms with E-state index in [4.69, 9.17) is 0 Å². The highest BCUT2D eigenvalue weighted by atomic mass is 32.2. The molecule has 0 bridgehead atoms. The zero-order valence-electron chi connectivity index (χ0n) is 7.56. The van der Waals surface area contributed by atoms with E-state index in [0.29, 0.717) is 6.04 Å². The van der Waals surface area contributed by atoms with E-state index in [1.807, 2.05) is 11.8 Å². The van der Waals surface area contributed by atoms with Gasteiger partial charge in [0.05, 0.1) is 0 Å². The van der Waals surface area contributed by atoms with Crippen molar-refractivity contribution in [2.75, 3.05) is 11.6 Å². The van der Waals surface area contributed by atoms with Crippen LogP contribution in [-0.4, -0.2) is 27.7 Å². The summed E-state index contributed by atoms with van der Waals surface area (Å²) in [6.07, 6.45) is 6.06. The van der Waals surface area contributed by atoms with E-state index in [1.165, 1.54) is 19.3 Å². The van der Waals surface area contributed by atoms with Crippen molar-refractivity contribution in [2.24, 2.45) is 0 Å². The summed E-state index contributed by atoms with van der Waals surface area (Å²) in [6, 6.07) is 0.616. The van der Waals surface area contributed by atoms with Crippen molar-refractivity contribution in [1.82, 2.24) is 10.2 Å². The summed E-state index contributed by atoms with van der Waals surface area (Å²) < 4.78 is 0. The number of nitrogens with one attached hydrogen (secondary N) is 1. The highest BCUT2D eigenvalue weighted by Gasteiger charge is 2.24. The Balaban J connectivity index is 1.84. The first-order chi connectivity index (χ1) is 6.38. The van der Waals surface area contributed by atoms with Crippen LogP contribution in [0.25, 0.3) is 0 Å². The average Bonchev–Trinajstić information content (AvgIpc) is 2.76. The van der Waals surface area contributed by atoms with Crippen molar-refractivity contribution in [3.8, 4) is 0 Å². The summed E-state index contributed by atoms with van der Waals surface area (Å²) in [5.41, 5.74) is 1.77. The van der Waals surface area contributed by atoms with Crippen molar-refractivity contribution >= 4 is 28.2 Å². The largest absolute Gasteiger partial charge is 0.357 e. The third-order valence-corrected chi connectivity index (χ3v) is 4.12. The number of hydrogen-bond acceptors (Lipinski definition) is 5. The number of thioether (sulfide) groups is 1. The molecule has 5 heteroatoms. The molecule has 1 saturated carbocycles. The van der Waals surface area contributed by atoms with Gasteiger partial charge >= 0.3 is 0 Å². The standard InChI is InChI=1S/C8H13N3S2/c1-12-7-3-2-6(4-7)10-8-11-9-5-13-8/h5-7H,2-4H2,1H3,(H,10,11). The van der Waals surface area contributed by atoms with Crippen LogP contribution in [0.5, 0.6) is 0 Å². The fourth-order valence-electron chi connectivity index (χ4n) is 1.70. The number of nitrogens with zero attached hydrogens (tertiary/aromatic N) is 2. The minimum atomic E-state index is 0.616. The molecule has 72 valence electrons. The quantitative estimate of drug-likeness (QED) is 0.839. The van der Waals surface area contributed by atoms with Gasteiger partial charge in [-0.2, -0.15) is 11.8 Å². The Hall–Kier alpha value is -0.290. The second kappa shape index (κ2) is 4.28. The summed E-state index contributed by atoms with van der Waals surface area (Å²) in [5, 5.41) is 13.0. The van der Waals surface area contributed by atoms with E-state index < -0.39 is 0 Å². The molecule has 13 heavy (non-hydrogen) atoms. The first kappa shape index (κ1) is 9.27. The van der Waals surface area contributed by atoms with Crippen molar-refractivity contribution in [1.29, 1.82) is 0 Å². The maximum atomic E-state index is 3.98. The summed E-state index contributed by atoms with van der Waals surface area (Å²) in [6.45, 7) is 0. The molecule has 1 N–H and O–H groups in total. The van der Waals surface area contributed by atoms with Gasteiger partial charge in [-0.25, -0.2) is 0 Å². The fourth-order valence-corrected chi connectivity index (χ4v) is 3.02. The maximum absolute atomic E-state index is 3.98. The second-order valence-corrected chi connectivity index (χ2v) is 5.23. The van der Waals surface area contributed by atoms with Crippen molar-refractivity contribution in [3.63, 3.8) is 0 Å². The molecule has 3 nitrogen and oxygen atoms in total. The minimum absolute atomic E-state index is 0.616. The molecule has 0 aliphatic heterocycles. The van der Waals surface area contributed by atoms with E-state index in [2.05, 4.69) is 21.8 Å². The van der Waals surface area contributed by atoms with Gasteiger partial charge in [0.1, 0.15) is 5.51 Å². The van der Waals surface area contributed by atoms with Gasteiger partial charge in [-0.05, 0) is 25.5 Å². The first-order valence-corrected chi connectivity index (χ1v) is 6.60. The Labute approximate surface area is 86.3 Å². The molecule has 0 saturated heterocycles. The lowest BCUT2D eigenvalue weighted by molar-refractivity contribution is 0.753. The predicted octanol–water partition coefficient (Wildman–Crippen LogP) is 2.23. The lowest BCUT2D eigenvalue weighted by atomic mass is 10.3. The smallest absolute Gasteiger partial charge is 0.205 e. The minimum Gasteiger partial charge on any atom is -0.357 e. The van der Waals surface area contributed by atoms with Gasteiger partial charge in [0.15, 0.2) is 0 Å². The fraction of sp³-hybridized carbons (Fsp3) is 0.750. The van der Waals surface area contributed by atoms with Crippen LogP contribution in [0.15, 0.2) is 5.51 Å². The van der Waals surface area contributed by atoms with Crippen molar-refractivity contribution in [3.05, 3.63) is 5.51 Å². The molecule has 2 rings (SSSR count). The first-order valence-electron chi connectivity index (χ1n) is 4.44. The predicted molar refractivity (Wildman–Crippen MR) is 58.5 cm³/mol. The summed E-state index contributed by atoms with van der Waals surface area (Å²) in [4.78, 5) is 0. The summed E-state index contributed by atoms with van der Waals surface area (Å²) in [5.74, 6) is 0. The molecular formula is C8H13N3S2. The molecule has 1 aromatic heterocycles. The van der Waals surface area contributed by atoms with Crippen LogP contribution in [0.3, 0.4) is 0 Å². The SMILES string of the molecule is CSC1CCC(Nc2nncs2)C1. The number of aromatic nitrogens is 2. The molecule has 0 aromatic carbocycles. The van der Waals surface area contributed by atoms with Crippen LogP contribution in [0.4, 0.5) is 5.13 Å². The van der Waals surface area contributed by atoms with Crippen LogP contribution >= 0.6 is 23.1 Å². The van der Waals surface area contributed by atoms with E-state index in [-0.39, 0.29) is 0 Å². The van der Waals surface area contributed by atoms with E-state index >= 15 is 0 Å². The van der Waals surface area contributed by atoms with E-state index in [9.17, 15) is 0 Å². The lowest BCUT2D eigenvalue weighted by Crippen LogP contribution is -2.15. The van der Waals surface area contributed by atoms with Crippen molar-refractivity contribution < 1.29 is 0 Å². The van der Waals surface area contributed by atoms with Gasteiger partial charge < -0.3 is 5.32 Å². The van der Waals surface area contributed by atoms with Crippen LogP contribution in [0, 0.1) is 0 Å². The molecule has 0 radical (unpaired) electrons. The Morgan fingerprint density at radius 3 is 3.15 bits per heavy atom. The van der Waals surface area contributed by atoms with E-state index in [1.54, 1.807) is 16.8 Å². The average molecular weight is 215 g/mol. The number of rotatable bonds is 3. The Morgan fingerprint density at radius 1 is 1.62 bits per heavy atom. The van der Waals surface area contributed by atoms with Gasteiger partial charge in [-0.1, -0.05) is 11.3 Å². The molecule has 0 spiro atoms. The second-order valence-electron chi connectivity index (χ2n) is 3.26. The van der Waals surface area contributed by atoms with Crippen molar-refractivity contribution in [2.45, 2.75) is 30.6 Å². The highest BCUT2D eigenvalue weighted by molar-refractivity contribution is 7.99. The third kappa shape index (κ3) is 2.34. The zero-order valence-corrected chi connectivity index (χ0v) is 9.20. The van der Waals surface area contributed by atoms with Gasteiger partial charge in [0, 0.05) is 11.3 Å². The number of hydrogen-bond donors (Lipinski definition) is 1. The highest BCUT2D eigenvalue weighted by Crippen LogP contribution is 2.30. The van der Waals surface area contributed by atoms with Gasteiger partial charge in [0.2, 0.25) is 5.13 Å². The molecule has 2 unspecified atom stereocenters. The molecule has 1 aliphatic rings. The van der Waals surface area contributed by atoms with Crippen LogP contribution in [0.1, 0.15) is 19.3 Å². The molecule has 1 aliphatic carbocycles. The molecule has 1 aromatic rings. The zero-order chi connectivity index (χ0) is 9.10. The Bertz CT molecular complexity index is 250. The van der Waals surface area contributed by atoms with Gasteiger partial charge in [-0.15, -0.1) is 10.2 Å². The normalized spacial score (nSPS) is 27.8. The Morgan fingerprint density at radius 2 is 2.54 bits per heavy atom. The molecular weight excluding hydrogens is 202 g/mol. The molecule has 0 amide bonds. The maximum Gasteiger partial charge on any atom is 0.205 e. The summed E-state index contributed by atoms with van der Waals surface area (Å²) >= 11 is 3.55.